The molecule has 0 spiro atoms. The molecule has 2 N–H and O–H groups in total. The van der Waals surface area contributed by atoms with E-state index in [2.05, 4.69) is 0 Å². The first-order valence-electron chi connectivity index (χ1n) is 24.0. The predicted molar refractivity (Wildman–Crippen MR) is 276 cm³/mol. The molecule has 4 aromatic carbocycles. The van der Waals surface area contributed by atoms with Crippen molar-refractivity contribution in [2.75, 3.05) is 11.5 Å². The van der Waals surface area contributed by atoms with E-state index in [0.29, 0.717) is 80.9 Å². The summed E-state index contributed by atoms with van der Waals surface area (Å²) in [6.07, 6.45) is -0.126. The monoisotopic (exact) mass is 1110 g/mol. The third-order valence-corrected chi connectivity index (χ3v) is 19.7. The summed E-state index contributed by atoms with van der Waals surface area (Å²) in [4.78, 5) is 53.9. The minimum Gasteiger partial charge on any atom is -0.481 e. The highest BCUT2D eigenvalue weighted by atomic mass is 35.5. The summed E-state index contributed by atoms with van der Waals surface area (Å²) in [5.74, 6) is -3.81. The van der Waals surface area contributed by atoms with Crippen molar-refractivity contribution >= 4 is 89.8 Å². The lowest BCUT2D eigenvalue weighted by molar-refractivity contribution is -0.182. The predicted octanol–water partition coefficient (Wildman–Crippen LogP) is 10.4. The Labute approximate surface area is 440 Å². The third kappa shape index (κ3) is 13.0. The summed E-state index contributed by atoms with van der Waals surface area (Å²) in [5.41, 5.74) is 2.72. The molecule has 2 saturated carbocycles. The number of carbonyl (C=O) groups excluding carboxylic acids is 2. The normalized spacial score (nSPS) is 23.8. The number of hydrogen-bond acceptors (Lipinski definition) is 10. The topological polar surface area (TPSA) is 202 Å². The van der Waals surface area contributed by atoms with Gasteiger partial charge in [0.2, 0.25) is 0 Å². The largest absolute Gasteiger partial charge is 0.481 e. The van der Waals surface area contributed by atoms with Crippen molar-refractivity contribution in [3.63, 3.8) is 0 Å². The van der Waals surface area contributed by atoms with Crippen LogP contribution in [0.3, 0.4) is 0 Å². The molecule has 0 unspecified atom stereocenters. The van der Waals surface area contributed by atoms with Crippen molar-refractivity contribution in [2.45, 2.75) is 137 Å². The summed E-state index contributed by atoms with van der Waals surface area (Å²) in [6, 6.07) is 25.1. The molecule has 0 bridgehead atoms. The van der Waals surface area contributed by atoms with Crippen LogP contribution >= 0.6 is 46.4 Å². The highest BCUT2D eigenvalue weighted by molar-refractivity contribution is 7.92. The number of benzene rings is 4. The number of ether oxygens (including phenoxy) is 2. The fraction of sp³-hybridized carbons (Fsp3) is 0.462. The highest BCUT2D eigenvalue weighted by Crippen LogP contribution is 2.47. The second-order valence-electron chi connectivity index (χ2n) is 18.8. The van der Waals surface area contributed by atoms with Gasteiger partial charge in [-0.3, -0.25) is 19.2 Å². The molecule has 2 saturated heterocycles. The van der Waals surface area contributed by atoms with Gasteiger partial charge in [0, 0.05) is 32.2 Å². The Balaban J connectivity index is 0.000000211. The zero-order chi connectivity index (χ0) is 52.1. The smallest absolute Gasteiger partial charge is 0.306 e. The molecule has 4 aliphatic rings. The zero-order valence-corrected chi connectivity index (χ0v) is 44.4. The van der Waals surface area contributed by atoms with Crippen LogP contribution in [0.4, 0.5) is 0 Å². The number of morpholine rings is 2. The lowest BCUT2D eigenvalue weighted by Gasteiger charge is -2.48. The molecule has 2 aliphatic heterocycles. The summed E-state index contributed by atoms with van der Waals surface area (Å²) >= 11 is 24.8. The average molecular weight is 1110 g/mol. The molecular formula is C52H58Cl4N2O12S2. The lowest BCUT2D eigenvalue weighted by atomic mass is 9.89. The van der Waals surface area contributed by atoms with Gasteiger partial charge in [0.15, 0.2) is 19.7 Å². The first kappa shape index (κ1) is 55.5. The van der Waals surface area contributed by atoms with Gasteiger partial charge < -0.3 is 29.5 Å². The van der Waals surface area contributed by atoms with Crippen molar-refractivity contribution in [3.05, 3.63) is 139 Å². The number of nitrogens with zero attached hydrogens (tertiary/aromatic N) is 2. The van der Waals surface area contributed by atoms with E-state index in [1.165, 1.54) is 0 Å². The Hall–Kier alpha value is -4.26. The number of amides is 2. The SMILES string of the molecule is CC[C@@H](CS(=O)(=O)C1CCC1)N1C(=O)[C@@H](CC(=O)O)O[C@H](c2cccc(Cl)c2)[C@H]1c1ccc(Cl)cc1.CC[C@@H](CS(=O)(=O)C1CCC1)N1C(=O)[C@H](CC(=O)O)O[C@H](c2cccc(Cl)c2)[C@H]1c1ccc(Cl)cc1. The van der Waals surface area contributed by atoms with Crippen molar-refractivity contribution in [1.29, 1.82) is 0 Å². The van der Waals surface area contributed by atoms with Crippen LogP contribution in [0.15, 0.2) is 97.1 Å². The van der Waals surface area contributed by atoms with E-state index >= 15 is 0 Å². The van der Waals surface area contributed by atoms with Gasteiger partial charge in [0.1, 0.15) is 24.4 Å². The molecule has 72 heavy (non-hydrogen) atoms. The van der Waals surface area contributed by atoms with Crippen LogP contribution in [0.2, 0.25) is 20.1 Å². The molecule has 14 nitrogen and oxygen atoms in total. The molecule has 4 aromatic rings. The van der Waals surface area contributed by atoms with E-state index in [1.807, 2.05) is 13.8 Å². The highest BCUT2D eigenvalue weighted by Gasteiger charge is 2.50. The standard InChI is InChI=1S/2C26H29Cl2NO6S/c2*1-2-20(15-36(33,34)21-7-4-8-21)29-24(16-9-11-18(27)12-10-16)25(17-5-3-6-19(28)13-17)35-22(26(29)32)14-23(30)31/h2*3,5-6,9-13,20-22,24-25H,2,4,7-8,14-15H2,1H3,(H,30,31)/t20-,22+,24+,25+;20-,22-,24+,25+/m00/s1. The Morgan fingerprint density at radius 1 is 0.556 bits per heavy atom. The van der Waals surface area contributed by atoms with Gasteiger partial charge >= 0.3 is 11.9 Å². The lowest BCUT2D eigenvalue weighted by Crippen LogP contribution is -2.57. The molecular weight excluding hydrogens is 1050 g/mol. The molecule has 8 atom stereocenters. The Bertz CT molecular complexity index is 2620. The molecule has 2 aliphatic carbocycles. The second kappa shape index (κ2) is 24.0. The van der Waals surface area contributed by atoms with Crippen LogP contribution in [0.1, 0.15) is 125 Å². The first-order valence-corrected chi connectivity index (χ1v) is 29.0. The number of carboxylic acid groups (broad SMARTS) is 2. The minimum atomic E-state index is -3.44. The number of halogens is 4. The van der Waals surface area contributed by atoms with Gasteiger partial charge in [-0.1, -0.05) is 122 Å². The Morgan fingerprint density at radius 3 is 1.18 bits per heavy atom. The first-order chi connectivity index (χ1) is 34.2. The second-order valence-corrected chi connectivity index (χ2v) is 25.2. The van der Waals surface area contributed by atoms with E-state index in [9.17, 15) is 46.2 Å². The van der Waals surface area contributed by atoms with Gasteiger partial charge in [-0.05, 0) is 109 Å². The molecule has 388 valence electrons. The van der Waals surface area contributed by atoms with Crippen molar-refractivity contribution in [3.8, 4) is 0 Å². The summed E-state index contributed by atoms with van der Waals surface area (Å²) in [5, 5.41) is 20.2. The maximum Gasteiger partial charge on any atom is 0.306 e. The zero-order valence-electron chi connectivity index (χ0n) is 39.7. The van der Waals surface area contributed by atoms with Gasteiger partial charge in [-0.15, -0.1) is 0 Å². The quantitative estimate of drug-likeness (QED) is 0.0956. The molecule has 2 amide bonds. The van der Waals surface area contributed by atoms with E-state index in [4.69, 9.17) is 55.9 Å². The van der Waals surface area contributed by atoms with E-state index < -0.39 is 115 Å². The van der Waals surface area contributed by atoms with Gasteiger partial charge in [-0.2, -0.15) is 0 Å². The van der Waals surface area contributed by atoms with Crippen LogP contribution < -0.4 is 0 Å². The van der Waals surface area contributed by atoms with Crippen LogP contribution in [0.5, 0.6) is 0 Å². The van der Waals surface area contributed by atoms with Crippen molar-refractivity contribution in [2.24, 2.45) is 0 Å². The van der Waals surface area contributed by atoms with Crippen molar-refractivity contribution < 1.29 is 55.7 Å². The number of carbonyl (C=O) groups is 4. The fourth-order valence-corrected chi connectivity index (χ4v) is 15.0. The third-order valence-electron chi connectivity index (χ3n) is 14.1. The Kier molecular flexibility index (Phi) is 18.5. The Morgan fingerprint density at radius 2 is 0.903 bits per heavy atom. The maximum atomic E-state index is 13.8. The number of rotatable bonds is 18. The van der Waals surface area contributed by atoms with Crippen molar-refractivity contribution in [1.82, 2.24) is 9.80 Å². The molecule has 0 radical (unpaired) electrons. The van der Waals surface area contributed by atoms with Crippen LogP contribution in [-0.2, 0) is 48.3 Å². The number of aliphatic carboxylic acids is 2. The van der Waals surface area contributed by atoms with E-state index in [-0.39, 0.29) is 11.5 Å². The van der Waals surface area contributed by atoms with Gasteiger partial charge in [0.05, 0.1) is 46.9 Å². The number of hydrogen-bond donors (Lipinski definition) is 2. The number of carboxylic acids is 2. The molecule has 20 heteroatoms. The average Bonchev–Trinajstić information content (AvgIpc) is 3.27. The van der Waals surface area contributed by atoms with E-state index in [0.717, 1.165) is 12.8 Å². The molecule has 4 fully saturated rings. The van der Waals surface area contributed by atoms with Crippen LogP contribution in [0.25, 0.3) is 0 Å². The molecule has 0 aromatic heterocycles. The molecule has 2 heterocycles. The number of sulfone groups is 2. The van der Waals surface area contributed by atoms with Crippen LogP contribution in [-0.4, -0.2) is 107 Å². The van der Waals surface area contributed by atoms with Gasteiger partial charge in [-0.25, -0.2) is 16.8 Å². The summed E-state index contributed by atoms with van der Waals surface area (Å²) in [7, 11) is -6.89. The van der Waals surface area contributed by atoms with Crippen LogP contribution in [0, 0.1) is 0 Å². The summed E-state index contributed by atoms with van der Waals surface area (Å²) in [6.45, 7) is 3.67. The van der Waals surface area contributed by atoms with E-state index in [1.54, 1.807) is 107 Å². The maximum absolute atomic E-state index is 13.8. The summed E-state index contributed by atoms with van der Waals surface area (Å²) < 4.78 is 65.0. The molecule has 8 rings (SSSR count). The minimum absolute atomic E-state index is 0.188. The van der Waals surface area contributed by atoms with Gasteiger partial charge in [0.25, 0.3) is 11.8 Å². The fourth-order valence-electron chi connectivity index (χ4n) is 9.86.